The van der Waals surface area contributed by atoms with Crippen molar-refractivity contribution in [2.45, 2.75) is 18.2 Å². The van der Waals surface area contributed by atoms with Gasteiger partial charge in [-0.05, 0) is 48.4 Å². The second-order valence-corrected chi connectivity index (χ2v) is 7.71. The zero-order chi connectivity index (χ0) is 17.5. The third-order valence-electron chi connectivity index (χ3n) is 3.71. The van der Waals surface area contributed by atoms with Crippen molar-refractivity contribution in [3.63, 3.8) is 0 Å². The first kappa shape index (κ1) is 17.1. The highest BCUT2D eigenvalue weighted by Gasteiger charge is 2.26. The number of benzene rings is 2. The summed E-state index contributed by atoms with van der Waals surface area (Å²) in [6.07, 6.45) is 0.597. The second-order valence-electron chi connectivity index (χ2n) is 5.32. The van der Waals surface area contributed by atoms with Crippen molar-refractivity contribution in [2.24, 2.45) is 0 Å². The van der Waals surface area contributed by atoms with Gasteiger partial charge in [-0.2, -0.15) is 8.42 Å². The Labute approximate surface area is 149 Å². The van der Waals surface area contributed by atoms with Gasteiger partial charge in [0.15, 0.2) is 5.75 Å². The molecule has 0 radical (unpaired) electrons. The maximum atomic E-state index is 12.5. The van der Waals surface area contributed by atoms with Crippen LogP contribution in [0, 0.1) is 0 Å². The van der Waals surface area contributed by atoms with Gasteiger partial charge < -0.3 is 9.08 Å². The van der Waals surface area contributed by atoms with Crippen LogP contribution in [0.5, 0.6) is 5.75 Å². The zero-order valence-electron chi connectivity index (χ0n) is 12.6. The van der Waals surface area contributed by atoms with Gasteiger partial charge in [0.1, 0.15) is 4.90 Å². The summed E-state index contributed by atoms with van der Waals surface area (Å²) in [5.74, 6) is -0.0690. The molecule has 0 saturated heterocycles. The van der Waals surface area contributed by atoms with Gasteiger partial charge in [-0.1, -0.05) is 23.2 Å². The number of hydrogen-bond donors (Lipinski definition) is 0. The van der Waals surface area contributed by atoms with E-state index >= 15 is 0 Å². The van der Waals surface area contributed by atoms with Crippen molar-refractivity contribution < 1.29 is 17.4 Å². The summed E-state index contributed by atoms with van der Waals surface area (Å²) in [6, 6.07) is 8.85. The Balaban J connectivity index is 1.92. The second kappa shape index (κ2) is 6.27. The molecule has 0 atom stereocenters. The minimum absolute atomic E-state index is 0.00641. The molecule has 1 heterocycles. The van der Waals surface area contributed by atoms with Gasteiger partial charge in [-0.25, -0.2) is 0 Å². The summed E-state index contributed by atoms with van der Waals surface area (Å²) in [7, 11) is -4.04. The average molecular weight is 386 g/mol. The van der Waals surface area contributed by atoms with E-state index in [0.29, 0.717) is 18.0 Å². The molecular weight excluding hydrogens is 373 g/mol. The molecule has 3 rings (SSSR count). The lowest BCUT2D eigenvalue weighted by Crippen LogP contribution is -2.25. The van der Waals surface area contributed by atoms with Crippen LogP contribution in [0.3, 0.4) is 0 Å². The monoisotopic (exact) mass is 385 g/mol. The molecule has 0 fully saturated rings. The SMILES string of the molecule is CC(=O)N1CCc2cc(S(=O)(=O)Oc3ccc(Cl)cc3Cl)ccc21. The summed E-state index contributed by atoms with van der Waals surface area (Å²) in [6.45, 7) is 2.02. The Morgan fingerprint density at radius 2 is 1.92 bits per heavy atom. The third kappa shape index (κ3) is 3.22. The Hall–Kier alpha value is -1.76. The van der Waals surface area contributed by atoms with E-state index in [0.717, 1.165) is 11.3 Å². The Morgan fingerprint density at radius 3 is 2.58 bits per heavy atom. The summed E-state index contributed by atoms with van der Waals surface area (Å²) in [4.78, 5) is 13.2. The normalized spacial score (nSPS) is 13.7. The van der Waals surface area contributed by atoms with Crippen molar-refractivity contribution in [1.29, 1.82) is 0 Å². The summed E-state index contributed by atoms with van der Waals surface area (Å²) >= 11 is 11.7. The van der Waals surface area contributed by atoms with E-state index < -0.39 is 10.1 Å². The lowest BCUT2D eigenvalue weighted by atomic mass is 10.2. The number of fused-ring (bicyclic) bond motifs is 1. The van der Waals surface area contributed by atoms with Crippen LogP contribution < -0.4 is 9.08 Å². The van der Waals surface area contributed by atoms with E-state index in [1.807, 2.05) is 0 Å². The fraction of sp³-hybridized carbons (Fsp3) is 0.188. The van der Waals surface area contributed by atoms with E-state index in [2.05, 4.69) is 0 Å². The number of anilines is 1. The topological polar surface area (TPSA) is 63.7 Å². The van der Waals surface area contributed by atoms with Crippen LogP contribution in [0.15, 0.2) is 41.3 Å². The summed E-state index contributed by atoms with van der Waals surface area (Å²) in [5, 5.41) is 0.488. The Morgan fingerprint density at radius 1 is 1.17 bits per heavy atom. The molecule has 0 bridgehead atoms. The smallest absolute Gasteiger partial charge is 0.339 e. The molecule has 8 heteroatoms. The highest BCUT2D eigenvalue weighted by molar-refractivity contribution is 7.87. The van der Waals surface area contributed by atoms with Crippen molar-refractivity contribution in [2.75, 3.05) is 11.4 Å². The number of hydrogen-bond acceptors (Lipinski definition) is 4. The largest absolute Gasteiger partial charge is 0.377 e. The van der Waals surface area contributed by atoms with Crippen molar-refractivity contribution in [3.05, 3.63) is 52.0 Å². The molecule has 0 aromatic heterocycles. The molecule has 1 aliphatic rings. The number of amides is 1. The maximum absolute atomic E-state index is 12.5. The molecule has 2 aromatic carbocycles. The van der Waals surface area contributed by atoms with Crippen LogP contribution in [0.4, 0.5) is 5.69 Å². The lowest BCUT2D eigenvalue weighted by Gasteiger charge is -2.15. The maximum Gasteiger partial charge on any atom is 0.339 e. The fourth-order valence-corrected chi connectivity index (χ4v) is 4.06. The van der Waals surface area contributed by atoms with Gasteiger partial charge in [0.2, 0.25) is 5.91 Å². The van der Waals surface area contributed by atoms with Crippen molar-refractivity contribution >= 4 is 44.9 Å². The summed E-state index contributed by atoms with van der Waals surface area (Å²) in [5.41, 5.74) is 1.52. The van der Waals surface area contributed by atoms with E-state index in [-0.39, 0.29) is 21.6 Å². The van der Waals surface area contributed by atoms with Gasteiger partial charge in [-0.3, -0.25) is 4.79 Å². The van der Waals surface area contributed by atoms with E-state index in [1.165, 1.54) is 37.3 Å². The first-order chi connectivity index (χ1) is 11.3. The molecule has 0 N–H and O–H groups in total. The first-order valence-corrected chi connectivity index (χ1v) is 9.25. The quantitative estimate of drug-likeness (QED) is 0.756. The number of rotatable bonds is 3. The highest BCUT2D eigenvalue weighted by atomic mass is 35.5. The predicted molar refractivity (Wildman–Crippen MR) is 92.4 cm³/mol. The van der Waals surface area contributed by atoms with Crippen LogP contribution in [-0.2, 0) is 21.3 Å². The lowest BCUT2D eigenvalue weighted by molar-refractivity contribution is -0.116. The molecule has 0 spiro atoms. The minimum Gasteiger partial charge on any atom is -0.377 e. The molecule has 1 amide bonds. The number of carbonyl (C=O) groups excluding carboxylic acids is 1. The van der Waals surface area contributed by atoms with Crippen LogP contribution in [0.2, 0.25) is 10.0 Å². The van der Waals surface area contributed by atoms with Crippen LogP contribution in [-0.4, -0.2) is 20.9 Å². The van der Waals surface area contributed by atoms with Gasteiger partial charge in [-0.15, -0.1) is 0 Å². The number of halogens is 2. The molecular formula is C16H13Cl2NO4S. The highest BCUT2D eigenvalue weighted by Crippen LogP contribution is 2.33. The Kier molecular flexibility index (Phi) is 4.46. The number of nitrogens with zero attached hydrogens (tertiary/aromatic N) is 1. The zero-order valence-corrected chi connectivity index (χ0v) is 15.0. The van der Waals surface area contributed by atoms with E-state index in [4.69, 9.17) is 27.4 Å². The van der Waals surface area contributed by atoms with Crippen molar-refractivity contribution in [3.8, 4) is 5.75 Å². The molecule has 1 aliphatic heterocycles. The van der Waals surface area contributed by atoms with Gasteiger partial charge in [0.25, 0.3) is 0 Å². The van der Waals surface area contributed by atoms with Crippen LogP contribution in [0.25, 0.3) is 0 Å². The van der Waals surface area contributed by atoms with E-state index in [9.17, 15) is 13.2 Å². The molecule has 0 unspecified atom stereocenters. The average Bonchev–Trinajstić information content (AvgIpc) is 2.93. The minimum atomic E-state index is -4.04. The van der Waals surface area contributed by atoms with Crippen LogP contribution in [0.1, 0.15) is 12.5 Å². The molecule has 126 valence electrons. The third-order valence-corrected chi connectivity index (χ3v) is 5.47. The number of carbonyl (C=O) groups is 1. The van der Waals surface area contributed by atoms with Crippen molar-refractivity contribution in [1.82, 2.24) is 0 Å². The molecule has 24 heavy (non-hydrogen) atoms. The van der Waals surface area contributed by atoms with Gasteiger partial charge >= 0.3 is 10.1 Å². The molecule has 0 saturated carbocycles. The first-order valence-electron chi connectivity index (χ1n) is 7.08. The fourth-order valence-electron chi connectivity index (χ4n) is 2.57. The molecule has 0 aliphatic carbocycles. The van der Waals surface area contributed by atoms with Crippen LogP contribution >= 0.6 is 23.2 Å². The van der Waals surface area contributed by atoms with E-state index in [1.54, 1.807) is 11.0 Å². The predicted octanol–water partition coefficient (Wildman–Crippen LogP) is 3.67. The van der Waals surface area contributed by atoms with Gasteiger partial charge in [0, 0.05) is 24.2 Å². The standard InChI is InChI=1S/C16H13Cl2NO4S/c1-10(20)19-7-6-11-8-13(3-4-15(11)19)24(21,22)23-16-5-2-12(17)9-14(16)18/h2-5,8-9H,6-7H2,1H3. The van der Waals surface area contributed by atoms with Gasteiger partial charge in [0.05, 0.1) is 5.02 Å². The Bertz CT molecular complexity index is 928. The molecule has 5 nitrogen and oxygen atoms in total. The summed E-state index contributed by atoms with van der Waals surface area (Å²) < 4.78 is 30.0. The molecule has 2 aromatic rings.